The number of carbonyl (C=O) groups excluding carboxylic acids is 4. The van der Waals surface area contributed by atoms with Crippen molar-refractivity contribution in [3.63, 3.8) is 0 Å². The molecule has 0 amide bonds. The molecule has 0 heterocycles. The van der Waals surface area contributed by atoms with Crippen LogP contribution in [-0.2, 0) is 65.4 Å². The number of rotatable bonds is 76. The van der Waals surface area contributed by atoms with Crippen molar-refractivity contribution in [3.8, 4) is 0 Å². The molecule has 3 N–H and O–H groups in total. The summed E-state index contributed by atoms with van der Waals surface area (Å²) in [6, 6.07) is 0. The number of aliphatic hydroxyl groups is 1. The van der Waals surface area contributed by atoms with Gasteiger partial charge in [-0.3, -0.25) is 37.3 Å². The maximum atomic E-state index is 13.1. The summed E-state index contributed by atoms with van der Waals surface area (Å²) in [6.07, 6.45) is 89.7. The highest BCUT2D eigenvalue weighted by Crippen LogP contribution is 2.45. The Morgan fingerprint density at radius 3 is 0.830 bits per heavy atom. The molecule has 19 heteroatoms. The van der Waals surface area contributed by atoms with Crippen molar-refractivity contribution in [2.24, 2.45) is 0 Å². The van der Waals surface area contributed by atoms with Gasteiger partial charge in [-0.2, -0.15) is 0 Å². The predicted molar refractivity (Wildman–Crippen MR) is 436 cm³/mol. The van der Waals surface area contributed by atoms with Crippen LogP contribution in [0.2, 0.25) is 0 Å². The first-order valence-electron chi connectivity index (χ1n) is 41.1. The number of phosphoric acid groups is 2. The van der Waals surface area contributed by atoms with Crippen LogP contribution in [0.25, 0.3) is 0 Å². The van der Waals surface area contributed by atoms with Crippen LogP contribution < -0.4 is 0 Å². The number of aliphatic hydroxyl groups excluding tert-OH is 1. The molecular weight excluding hydrogens is 1380 g/mol. The first-order chi connectivity index (χ1) is 51.7. The lowest BCUT2D eigenvalue weighted by atomic mass is 10.0. The molecule has 0 aromatic heterocycles. The Morgan fingerprint density at radius 2 is 0.500 bits per heavy atom. The van der Waals surface area contributed by atoms with E-state index >= 15 is 0 Å². The summed E-state index contributed by atoms with van der Waals surface area (Å²) in [7, 11) is -10.00. The highest BCUT2D eigenvalue weighted by atomic mass is 31.2. The van der Waals surface area contributed by atoms with Gasteiger partial charge in [0.2, 0.25) is 0 Å². The molecule has 0 aliphatic carbocycles. The molecule has 0 rings (SSSR count). The summed E-state index contributed by atoms with van der Waals surface area (Å²) in [5, 5.41) is 10.7. The van der Waals surface area contributed by atoms with E-state index in [9.17, 15) is 43.2 Å². The molecule has 5 unspecified atom stereocenters. The van der Waals surface area contributed by atoms with Gasteiger partial charge in [0.1, 0.15) is 19.3 Å². The fourth-order valence-corrected chi connectivity index (χ4v) is 12.2. The van der Waals surface area contributed by atoms with Crippen LogP contribution in [0, 0.1) is 0 Å². The fourth-order valence-electron chi connectivity index (χ4n) is 10.6. The minimum absolute atomic E-state index is 0.0263. The number of hydrogen-bond acceptors (Lipinski definition) is 15. The molecule has 0 aliphatic heterocycles. The standard InChI is InChI=1S/C87H146O17P2/c1-5-9-13-17-21-25-29-33-37-39-40-42-46-48-52-56-60-64-68-72-85(90)98-78-83(104-87(92)74-70-66-62-58-54-50-44-36-32-28-24-20-16-12-8-4)80-102-106(95,96)100-76-81(88)75-99-105(93,94)101-79-82(103-86(91)73-69-65-61-57-53-49-43-35-31-27-23-19-15-11-7-3)77-97-84(89)71-67-63-59-55-51-47-45-41-38-34-30-26-22-18-14-10-6-2/h10-11,14-15,21-23,25-27,33-35,37-38,40,42-43,45,47,53,55,57,59,81-83,88H,5-9,12-13,16-20,24,28-32,36,39,41,44,46,48-52,54,56,58,60-80H2,1-4H3,(H,93,94)(H,95,96)/b14-10-,15-11-,25-21-,26-22-,27-23-,37-33-,38-34-,42-40-,43-35-,47-45-,57-53-,59-55-. The highest BCUT2D eigenvalue weighted by Gasteiger charge is 2.30. The monoisotopic (exact) mass is 1530 g/mol. The quantitative estimate of drug-likeness (QED) is 0.0169. The lowest BCUT2D eigenvalue weighted by Gasteiger charge is -2.21. The summed E-state index contributed by atoms with van der Waals surface area (Å²) in [6.45, 7) is 4.52. The van der Waals surface area contributed by atoms with E-state index in [2.05, 4.69) is 161 Å². The number of ether oxygens (including phenoxy) is 4. The van der Waals surface area contributed by atoms with Crippen molar-refractivity contribution in [1.82, 2.24) is 0 Å². The zero-order chi connectivity index (χ0) is 77.4. The second kappa shape index (κ2) is 78.1. The molecule has 0 saturated heterocycles. The fraction of sp³-hybridized carbons (Fsp3) is 0.678. The summed E-state index contributed by atoms with van der Waals surface area (Å²) >= 11 is 0. The third-order valence-electron chi connectivity index (χ3n) is 16.8. The number of allylic oxidation sites excluding steroid dienone is 24. The van der Waals surface area contributed by atoms with Crippen LogP contribution >= 0.6 is 15.6 Å². The van der Waals surface area contributed by atoms with E-state index in [0.29, 0.717) is 38.5 Å². The zero-order valence-electron chi connectivity index (χ0n) is 66.3. The average molecular weight is 1530 g/mol. The molecule has 0 aromatic rings. The largest absolute Gasteiger partial charge is 0.472 e. The SMILES string of the molecule is CC/C=C\C/C=C\C/C=C\C/C=C\C/C=C\CCCC(=O)OCC(COP(=O)(O)OCC(O)COP(=O)(O)OCC(COC(=O)CCCCCCCC/C=C\C/C=C\C/C=C\CCCCC)OC(=O)CCCCCCCCCCCCCCCCC)OC(=O)CCCC/C=C\C/C=C\C/C=C\C/C=C\CC. The summed E-state index contributed by atoms with van der Waals surface area (Å²) in [5.74, 6) is -2.30. The summed E-state index contributed by atoms with van der Waals surface area (Å²) in [4.78, 5) is 73.1. The molecule has 0 aliphatic rings. The third kappa shape index (κ3) is 77.1. The molecule has 0 fully saturated rings. The van der Waals surface area contributed by atoms with Gasteiger partial charge in [-0.1, -0.05) is 302 Å². The van der Waals surface area contributed by atoms with Crippen molar-refractivity contribution in [2.75, 3.05) is 39.6 Å². The van der Waals surface area contributed by atoms with Crippen LogP contribution in [0.1, 0.15) is 323 Å². The van der Waals surface area contributed by atoms with E-state index in [1.54, 1.807) is 0 Å². The maximum Gasteiger partial charge on any atom is 0.472 e. The lowest BCUT2D eigenvalue weighted by Crippen LogP contribution is -2.30. The maximum absolute atomic E-state index is 13.1. The Kier molecular flexibility index (Phi) is 74.3. The Hall–Kier alpha value is -5.06. The van der Waals surface area contributed by atoms with Gasteiger partial charge in [0.15, 0.2) is 12.2 Å². The van der Waals surface area contributed by atoms with Crippen molar-refractivity contribution in [2.45, 2.75) is 341 Å². The number of carbonyl (C=O) groups is 4. The molecular formula is C87H146O17P2. The van der Waals surface area contributed by atoms with E-state index in [-0.39, 0.29) is 25.7 Å². The predicted octanol–water partition coefficient (Wildman–Crippen LogP) is 24.2. The molecule has 0 aromatic carbocycles. The van der Waals surface area contributed by atoms with Crippen molar-refractivity contribution in [3.05, 3.63) is 146 Å². The number of phosphoric ester groups is 2. The van der Waals surface area contributed by atoms with E-state index in [0.717, 1.165) is 148 Å². The second-order valence-electron chi connectivity index (χ2n) is 27.0. The number of hydrogen-bond donors (Lipinski definition) is 3. The molecule has 106 heavy (non-hydrogen) atoms. The van der Waals surface area contributed by atoms with Gasteiger partial charge in [-0.25, -0.2) is 9.13 Å². The van der Waals surface area contributed by atoms with E-state index in [1.807, 2.05) is 12.2 Å². The summed E-state index contributed by atoms with van der Waals surface area (Å²) < 4.78 is 68.6. The van der Waals surface area contributed by atoms with Crippen LogP contribution in [0.4, 0.5) is 0 Å². The van der Waals surface area contributed by atoms with E-state index in [1.165, 1.54) is 83.5 Å². The number of unbranched alkanes of at least 4 members (excludes halogenated alkanes) is 26. The molecule has 606 valence electrons. The normalized spacial score (nSPS) is 14.6. The molecule has 0 radical (unpaired) electrons. The van der Waals surface area contributed by atoms with Gasteiger partial charge in [-0.05, 0) is 141 Å². The third-order valence-corrected chi connectivity index (χ3v) is 18.7. The Morgan fingerprint density at radius 1 is 0.274 bits per heavy atom. The van der Waals surface area contributed by atoms with Crippen molar-refractivity contribution < 1.29 is 80.2 Å². The van der Waals surface area contributed by atoms with E-state index in [4.69, 9.17) is 37.0 Å². The second-order valence-corrected chi connectivity index (χ2v) is 29.9. The minimum Gasteiger partial charge on any atom is -0.462 e. The van der Waals surface area contributed by atoms with Gasteiger partial charge < -0.3 is 33.8 Å². The van der Waals surface area contributed by atoms with Crippen LogP contribution in [0.3, 0.4) is 0 Å². The molecule has 5 atom stereocenters. The van der Waals surface area contributed by atoms with Crippen LogP contribution in [-0.4, -0.2) is 96.7 Å². The van der Waals surface area contributed by atoms with Gasteiger partial charge in [0.25, 0.3) is 0 Å². The highest BCUT2D eigenvalue weighted by molar-refractivity contribution is 7.47. The van der Waals surface area contributed by atoms with Crippen molar-refractivity contribution >= 4 is 39.5 Å². The lowest BCUT2D eigenvalue weighted by molar-refractivity contribution is -0.161. The summed E-state index contributed by atoms with van der Waals surface area (Å²) in [5.41, 5.74) is 0. The average Bonchev–Trinajstić information content (AvgIpc) is 0.928. The van der Waals surface area contributed by atoms with Crippen LogP contribution in [0.5, 0.6) is 0 Å². The Bertz CT molecular complexity index is 2580. The first kappa shape index (κ1) is 101. The Labute approximate surface area is 643 Å². The van der Waals surface area contributed by atoms with Gasteiger partial charge in [0, 0.05) is 25.7 Å². The Balaban J connectivity index is 5.45. The van der Waals surface area contributed by atoms with Gasteiger partial charge in [-0.15, -0.1) is 0 Å². The molecule has 17 nitrogen and oxygen atoms in total. The van der Waals surface area contributed by atoms with Crippen LogP contribution in [0.15, 0.2) is 146 Å². The van der Waals surface area contributed by atoms with Gasteiger partial charge in [0.05, 0.1) is 26.4 Å². The molecule has 0 saturated carbocycles. The number of esters is 4. The van der Waals surface area contributed by atoms with E-state index < -0.39 is 97.5 Å². The zero-order valence-corrected chi connectivity index (χ0v) is 68.1. The van der Waals surface area contributed by atoms with Gasteiger partial charge >= 0.3 is 39.5 Å². The minimum atomic E-state index is -5.01. The first-order valence-corrected chi connectivity index (χ1v) is 44.1. The topological polar surface area (TPSA) is 237 Å². The molecule has 0 bridgehead atoms. The molecule has 0 spiro atoms. The smallest absolute Gasteiger partial charge is 0.462 e. The van der Waals surface area contributed by atoms with Crippen molar-refractivity contribution in [1.29, 1.82) is 0 Å².